The van der Waals surface area contributed by atoms with Crippen molar-refractivity contribution in [3.8, 4) is 0 Å². The molecular formula is C13H11N5O3. The number of hydrazone groups is 1. The molecular weight excluding hydrogens is 274 g/mol. The van der Waals surface area contributed by atoms with Gasteiger partial charge in [-0.05, 0) is 18.2 Å². The molecule has 1 amide bonds. The average Bonchev–Trinajstić information content (AvgIpc) is 2.53. The van der Waals surface area contributed by atoms with Crippen molar-refractivity contribution in [1.29, 1.82) is 0 Å². The zero-order valence-corrected chi connectivity index (χ0v) is 10.8. The summed E-state index contributed by atoms with van der Waals surface area (Å²) < 4.78 is 0. The van der Waals surface area contributed by atoms with Crippen LogP contribution in [0, 0.1) is 10.1 Å². The molecule has 0 atom stereocenters. The van der Waals surface area contributed by atoms with Crippen molar-refractivity contribution in [2.45, 2.75) is 0 Å². The molecule has 0 unspecified atom stereocenters. The van der Waals surface area contributed by atoms with E-state index in [4.69, 9.17) is 5.73 Å². The first kappa shape index (κ1) is 14.1. The van der Waals surface area contributed by atoms with E-state index in [1.165, 1.54) is 30.5 Å². The van der Waals surface area contributed by atoms with Crippen molar-refractivity contribution in [2.24, 2.45) is 10.8 Å². The molecule has 0 aliphatic carbocycles. The SMILES string of the molecule is N/C(=N\NC(=O)c1ccccc1[N+](=O)[O-])c1ccccn1. The lowest BCUT2D eigenvalue weighted by Gasteiger charge is -2.03. The Hall–Kier alpha value is -3.29. The number of carbonyl (C=O) groups excluding carboxylic acids is 1. The molecule has 21 heavy (non-hydrogen) atoms. The molecule has 0 aliphatic heterocycles. The minimum Gasteiger partial charge on any atom is -0.380 e. The van der Waals surface area contributed by atoms with Crippen LogP contribution in [0.1, 0.15) is 16.1 Å². The molecule has 1 aromatic heterocycles. The Labute approximate surface area is 119 Å². The standard InChI is InChI=1S/C13H11N5O3/c14-12(10-6-3-4-8-15-10)16-17-13(19)9-5-1-2-7-11(9)18(20)21/h1-8H,(H2,14,16)(H,17,19). The summed E-state index contributed by atoms with van der Waals surface area (Å²) in [6, 6.07) is 10.6. The Kier molecular flexibility index (Phi) is 4.20. The van der Waals surface area contributed by atoms with Crippen LogP contribution in [0.15, 0.2) is 53.8 Å². The number of pyridine rings is 1. The lowest BCUT2D eigenvalue weighted by molar-refractivity contribution is -0.385. The molecule has 106 valence electrons. The first-order valence-corrected chi connectivity index (χ1v) is 5.88. The van der Waals surface area contributed by atoms with Gasteiger partial charge in [-0.2, -0.15) is 5.10 Å². The van der Waals surface area contributed by atoms with Crippen LogP contribution in [-0.4, -0.2) is 21.7 Å². The summed E-state index contributed by atoms with van der Waals surface area (Å²) in [6.07, 6.45) is 1.53. The van der Waals surface area contributed by atoms with Crippen LogP contribution in [0.3, 0.4) is 0 Å². The number of amides is 1. The van der Waals surface area contributed by atoms with Gasteiger partial charge in [0.05, 0.1) is 4.92 Å². The smallest absolute Gasteiger partial charge is 0.282 e. The molecule has 8 nitrogen and oxygen atoms in total. The fraction of sp³-hybridized carbons (Fsp3) is 0. The van der Waals surface area contributed by atoms with Gasteiger partial charge in [-0.3, -0.25) is 19.9 Å². The highest BCUT2D eigenvalue weighted by atomic mass is 16.6. The van der Waals surface area contributed by atoms with Crippen LogP contribution in [0.2, 0.25) is 0 Å². The summed E-state index contributed by atoms with van der Waals surface area (Å²) in [6.45, 7) is 0. The van der Waals surface area contributed by atoms with Gasteiger partial charge in [0.2, 0.25) is 0 Å². The number of benzene rings is 1. The van der Waals surface area contributed by atoms with E-state index in [1.807, 2.05) is 0 Å². The number of nitrogens with zero attached hydrogens (tertiary/aromatic N) is 3. The number of hydrogen-bond acceptors (Lipinski definition) is 5. The zero-order valence-electron chi connectivity index (χ0n) is 10.8. The predicted molar refractivity (Wildman–Crippen MR) is 75.5 cm³/mol. The minimum absolute atomic E-state index is 0.00235. The third kappa shape index (κ3) is 3.38. The van der Waals surface area contributed by atoms with Crippen LogP contribution in [-0.2, 0) is 0 Å². The van der Waals surface area contributed by atoms with Gasteiger partial charge in [0.1, 0.15) is 11.3 Å². The number of nitro groups is 1. The number of rotatable bonds is 4. The third-order valence-corrected chi connectivity index (χ3v) is 2.55. The van der Waals surface area contributed by atoms with E-state index in [1.54, 1.807) is 18.2 Å². The minimum atomic E-state index is -0.721. The van der Waals surface area contributed by atoms with Gasteiger partial charge in [-0.1, -0.05) is 18.2 Å². The lowest BCUT2D eigenvalue weighted by Crippen LogP contribution is -2.25. The maximum atomic E-state index is 11.9. The fourth-order valence-electron chi connectivity index (χ4n) is 1.57. The quantitative estimate of drug-likeness (QED) is 0.376. The van der Waals surface area contributed by atoms with E-state index < -0.39 is 10.8 Å². The Balaban J connectivity index is 2.18. The first-order chi connectivity index (χ1) is 10.1. The molecule has 3 N–H and O–H groups in total. The van der Waals surface area contributed by atoms with Crippen LogP contribution in [0.25, 0.3) is 0 Å². The van der Waals surface area contributed by atoms with Gasteiger partial charge in [0, 0.05) is 12.3 Å². The predicted octanol–water partition coefficient (Wildman–Crippen LogP) is 1.04. The monoisotopic (exact) mass is 285 g/mol. The summed E-state index contributed by atoms with van der Waals surface area (Å²) in [5.74, 6) is -0.719. The summed E-state index contributed by atoms with van der Waals surface area (Å²) in [5, 5.41) is 14.5. The number of para-hydroxylation sites is 1. The molecule has 0 radical (unpaired) electrons. The van der Waals surface area contributed by atoms with Gasteiger partial charge >= 0.3 is 0 Å². The highest BCUT2D eigenvalue weighted by Gasteiger charge is 2.18. The number of nitrogens with one attached hydrogen (secondary N) is 1. The van der Waals surface area contributed by atoms with Crippen molar-refractivity contribution in [2.75, 3.05) is 0 Å². The number of hydrogen-bond donors (Lipinski definition) is 2. The number of nitro benzene ring substituents is 1. The molecule has 1 aromatic carbocycles. The summed E-state index contributed by atoms with van der Waals surface area (Å²) in [7, 11) is 0. The fourth-order valence-corrected chi connectivity index (χ4v) is 1.57. The van der Waals surface area contributed by atoms with Gasteiger partial charge in [-0.25, -0.2) is 5.43 Å². The number of carbonyl (C=O) groups is 1. The number of nitrogens with two attached hydrogens (primary N) is 1. The Morgan fingerprint density at radius 1 is 1.24 bits per heavy atom. The molecule has 0 saturated heterocycles. The van der Waals surface area contributed by atoms with E-state index >= 15 is 0 Å². The second-order valence-electron chi connectivity index (χ2n) is 3.93. The Bertz CT molecular complexity index is 700. The molecule has 8 heteroatoms. The van der Waals surface area contributed by atoms with E-state index in [0.717, 1.165) is 0 Å². The van der Waals surface area contributed by atoms with E-state index in [-0.39, 0.29) is 17.1 Å². The number of amidine groups is 1. The van der Waals surface area contributed by atoms with E-state index in [2.05, 4.69) is 15.5 Å². The van der Waals surface area contributed by atoms with Crippen molar-refractivity contribution >= 4 is 17.4 Å². The second-order valence-corrected chi connectivity index (χ2v) is 3.93. The van der Waals surface area contributed by atoms with Crippen molar-refractivity contribution in [3.63, 3.8) is 0 Å². The second kappa shape index (κ2) is 6.24. The van der Waals surface area contributed by atoms with Gasteiger partial charge in [-0.15, -0.1) is 0 Å². The van der Waals surface area contributed by atoms with Crippen LogP contribution in [0.4, 0.5) is 5.69 Å². The van der Waals surface area contributed by atoms with E-state index in [0.29, 0.717) is 5.69 Å². The zero-order chi connectivity index (χ0) is 15.2. The maximum Gasteiger partial charge on any atom is 0.282 e. The normalized spacial score (nSPS) is 11.0. The van der Waals surface area contributed by atoms with Gasteiger partial charge < -0.3 is 5.73 Å². The molecule has 0 spiro atoms. The highest BCUT2D eigenvalue weighted by molar-refractivity contribution is 6.00. The molecule has 1 heterocycles. The van der Waals surface area contributed by atoms with Gasteiger partial charge in [0.25, 0.3) is 11.6 Å². The molecule has 0 fully saturated rings. The van der Waals surface area contributed by atoms with Crippen molar-refractivity contribution < 1.29 is 9.72 Å². The van der Waals surface area contributed by atoms with Crippen molar-refractivity contribution in [3.05, 3.63) is 70.0 Å². The van der Waals surface area contributed by atoms with Gasteiger partial charge in [0.15, 0.2) is 5.84 Å². The third-order valence-electron chi connectivity index (χ3n) is 2.55. The molecule has 2 rings (SSSR count). The first-order valence-electron chi connectivity index (χ1n) is 5.88. The summed E-state index contributed by atoms with van der Waals surface area (Å²) >= 11 is 0. The summed E-state index contributed by atoms with van der Waals surface area (Å²) in [5.41, 5.74) is 7.82. The van der Waals surface area contributed by atoms with Crippen LogP contribution < -0.4 is 11.2 Å². The molecule has 0 aliphatic rings. The molecule has 0 bridgehead atoms. The number of aromatic nitrogens is 1. The lowest BCUT2D eigenvalue weighted by atomic mass is 10.2. The van der Waals surface area contributed by atoms with Crippen LogP contribution >= 0.6 is 0 Å². The Morgan fingerprint density at radius 3 is 2.62 bits per heavy atom. The summed E-state index contributed by atoms with van der Waals surface area (Å²) in [4.78, 5) is 26.1. The highest BCUT2D eigenvalue weighted by Crippen LogP contribution is 2.17. The Morgan fingerprint density at radius 2 is 1.95 bits per heavy atom. The molecule has 2 aromatic rings. The van der Waals surface area contributed by atoms with Crippen LogP contribution in [0.5, 0.6) is 0 Å². The molecule has 0 saturated carbocycles. The maximum absolute atomic E-state index is 11.9. The van der Waals surface area contributed by atoms with Crippen molar-refractivity contribution in [1.82, 2.24) is 10.4 Å². The van der Waals surface area contributed by atoms with E-state index in [9.17, 15) is 14.9 Å². The largest absolute Gasteiger partial charge is 0.380 e. The average molecular weight is 285 g/mol. The topological polar surface area (TPSA) is 124 Å².